The van der Waals surface area contributed by atoms with Crippen LogP contribution in [0.15, 0.2) is 11.6 Å². The Morgan fingerprint density at radius 1 is 1.47 bits per heavy atom. The molecule has 0 bridgehead atoms. The molecule has 0 spiro atoms. The maximum Gasteiger partial charge on any atom is 0.174 e. The van der Waals surface area contributed by atoms with Gasteiger partial charge in [0.1, 0.15) is 0 Å². The van der Waals surface area contributed by atoms with Crippen LogP contribution in [0.2, 0.25) is 0 Å². The molecule has 3 N–H and O–H groups in total. The van der Waals surface area contributed by atoms with Gasteiger partial charge in [-0.25, -0.2) is 0 Å². The minimum Gasteiger partial charge on any atom is -0.333 e. The van der Waals surface area contributed by atoms with Gasteiger partial charge >= 0.3 is 0 Å². The molecule has 1 saturated carbocycles. The van der Waals surface area contributed by atoms with Crippen LogP contribution in [-0.2, 0) is 6.42 Å². The van der Waals surface area contributed by atoms with Crippen LogP contribution in [-0.4, -0.2) is 27.7 Å². The zero-order valence-corrected chi connectivity index (χ0v) is 10.6. The number of hydrogen-bond acceptors (Lipinski definition) is 4. The molecule has 2 aliphatic rings. The zero-order chi connectivity index (χ0) is 12.3. The molecule has 17 heavy (non-hydrogen) atoms. The molecule has 0 aliphatic heterocycles. The molecule has 1 heterocycles. The number of hydrogen-bond donors (Lipinski definition) is 2. The minimum atomic E-state index is 0.761. The van der Waals surface area contributed by atoms with Crippen LogP contribution in [0.4, 0.5) is 0 Å². The van der Waals surface area contributed by atoms with Crippen molar-refractivity contribution in [2.75, 3.05) is 7.05 Å². The van der Waals surface area contributed by atoms with E-state index in [1.165, 1.54) is 26.3 Å². The molecule has 0 amide bonds. The average molecular weight is 235 g/mol. The number of aromatic amines is 1. The van der Waals surface area contributed by atoms with Gasteiger partial charge in [-0.15, -0.1) is 10.2 Å². The van der Waals surface area contributed by atoms with Crippen LogP contribution < -0.4 is 5.73 Å². The average Bonchev–Trinajstić information content (AvgIpc) is 2.96. The Balaban J connectivity index is 0.000000514. The molecule has 0 aromatic carbocycles. The van der Waals surface area contributed by atoms with Gasteiger partial charge in [-0.05, 0) is 44.1 Å². The van der Waals surface area contributed by atoms with E-state index in [1.807, 2.05) is 0 Å². The molecule has 0 radical (unpaired) electrons. The van der Waals surface area contributed by atoms with Crippen LogP contribution in [0.5, 0.6) is 0 Å². The highest BCUT2D eigenvalue weighted by molar-refractivity contribution is 5.19. The number of H-pyrrole nitrogens is 1. The Bertz CT molecular complexity index is 370. The maximum absolute atomic E-state index is 4.50. The summed E-state index contributed by atoms with van der Waals surface area (Å²) in [5.41, 5.74) is 6.15. The second kappa shape index (κ2) is 5.40. The number of tetrazole rings is 1. The molecule has 5 heteroatoms. The lowest BCUT2D eigenvalue weighted by Crippen LogP contribution is -2.34. The van der Waals surface area contributed by atoms with Crippen LogP contribution >= 0.6 is 0 Å². The first kappa shape index (κ1) is 12.2. The molecule has 2 aliphatic carbocycles. The summed E-state index contributed by atoms with van der Waals surface area (Å²) in [6.45, 7) is 2.25. The van der Waals surface area contributed by atoms with Crippen molar-refractivity contribution in [3.63, 3.8) is 0 Å². The summed E-state index contributed by atoms with van der Waals surface area (Å²) < 4.78 is 0. The lowest BCUT2D eigenvalue weighted by molar-refractivity contribution is 0.127. The summed E-state index contributed by atoms with van der Waals surface area (Å²) in [7, 11) is 1.50. The number of nitrogens with zero attached hydrogens (tertiary/aromatic N) is 3. The van der Waals surface area contributed by atoms with Gasteiger partial charge in [-0.1, -0.05) is 23.8 Å². The molecule has 1 fully saturated rings. The monoisotopic (exact) mass is 235 g/mol. The van der Waals surface area contributed by atoms with Crippen molar-refractivity contribution >= 4 is 0 Å². The first-order chi connectivity index (χ1) is 8.36. The van der Waals surface area contributed by atoms with Gasteiger partial charge in [0.2, 0.25) is 0 Å². The van der Waals surface area contributed by atoms with E-state index in [4.69, 9.17) is 0 Å². The summed E-state index contributed by atoms with van der Waals surface area (Å²) >= 11 is 0. The van der Waals surface area contributed by atoms with E-state index in [1.54, 1.807) is 5.57 Å². The number of rotatable bonds is 3. The molecule has 3 rings (SSSR count). The first-order valence-corrected chi connectivity index (χ1v) is 6.36. The van der Waals surface area contributed by atoms with Gasteiger partial charge in [0.25, 0.3) is 0 Å². The van der Waals surface area contributed by atoms with Gasteiger partial charge in [0, 0.05) is 6.42 Å². The Morgan fingerprint density at radius 3 is 2.94 bits per heavy atom. The number of nitrogens with one attached hydrogen (secondary N) is 1. The predicted octanol–water partition coefficient (Wildman–Crippen LogP) is 1.31. The van der Waals surface area contributed by atoms with Crippen molar-refractivity contribution in [3.05, 3.63) is 17.5 Å². The molecule has 1 unspecified atom stereocenters. The molecule has 94 valence electrons. The summed E-state index contributed by atoms with van der Waals surface area (Å²) in [5, 5.41) is 14.2. The van der Waals surface area contributed by atoms with E-state index in [9.17, 15) is 0 Å². The molecule has 3 atom stereocenters. The largest absolute Gasteiger partial charge is 0.333 e. The standard InChI is InChI=1S/C11H16N4.CH5N/c1-2-7-3-8-5-9(10(8)4-7)6-11-12-14-15-13-11;1-2/h4,8-10H,2-3,5-6H2,1H3,(H,12,13,14,15);2H2,1H3/t8-,9?,10-;/m1./s1. The van der Waals surface area contributed by atoms with E-state index in [0.717, 1.165) is 30.0 Å². The Kier molecular flexibility index (Phi) is 3.89. The van der Waals surface area contributed by atoms with Crippen LogP contribution in [0.1, 0.15) is 32.0 Å². The fourth-order valence-electron chi connectivity index (χ4n) is 3.05. The van der Waals surface area contributed by atoms with Crippen molar-refractivity contribution in [2.45, 2.75) is 32.6 Å². The highest BCUT2D eigenvalue weighted by Crippen LogP contribution is 2.51. The summed E-state index contributed by atoms with van der Waals surface area (Å²) in [6, 6.07) is 0. The SMILES string of the molecule is CCC1=C[C@H]2C(Cc3nn[nH]n3)C[C@H]2C1.CN. The third-order valence-corrected chi connectivity index (χ3v) is 3.93. The molecule has 0 saturated heterocycles. The second-order valence-corrected chi connectivity index (χ2v) is 4.75. The quantitative estimate of drug-likeness (QED) is 0.774. The Hall–Kier alpha value is -1.23. The number of nitrogens with two attached hydrogens (primary N) is 1. The smallest absolute Gasteiger partial charge is 0.174 e. The van der Waals surface area contributed by atoms with Crippen molar-refractivity contribution in [1.29, 1.82) is 0 Å². The second-order valence-electron chi connectivity index (χ2n) is 4.75. The fraction of sp³-hybridized carbons (Fsp3) is 0.750. The first-order valence-electron chi connectivity index (χ1n) is 6.36. The summed E-state index contributed by atoms with van der Waals surface area (Å²) in [5.74, 6) is 3.36. The van der Waals surface area contributed by atoms with Gasteiger partial charge in [-0.2, -0.15) is 5.21 Å². The maximum atomic E-state index is 4.50. The van der Waals surface area contributed by atoms with Crippen molar-refractivity contribution in [2.24, 2.45) is 23.5 Å². The number of fused-ring (bicyclic) bond motifs is 1. The minimum absolute atomic E-state index is 0.761. The van der Waals surface area contributed by atoms with E-state index < -0.39 is 0 Å². The molecular weight excluding hydrogens is 214 g/mol. The van der Waals surface area contributed by atoms with Gasteiger partial charge in [-0.3, -0.25) is 0 Å². The summed E-state index contributed by atoms with van der Waals surface area (Å²) in [4.78, 5) is 0. The lowest BCUT2D eigenvalue weighted by atomic mass is 9.65. The van der Waals surface area contributed by atoms with E-state index in [0.29, 0.717) is 0 Å². The Morgan fingerprint density at radius 2 is 2.29 bits per heavy atom. The van der Waals surface area contributed by atoms with Gasteiger partial charge in [0.15, 0.2) is 5.82 Å². The zero-order valence-electron chi connectivity index (χ0n) is 10.6. The third kappa shape index (κ3) is 2.39. The van der Waals surface area contributed by atoms with Gasteiger partial charge in [0.05, 0.1) is 0 Å². The van der Waals surface area contributed by atoms with Crippen molar-refractivity contribution in [3.8, 4) is 0 Å². The molecule has 1 aromatic rings. The third-order valence-electron chi connectivity index (χ3n) is 3.93. The highest BCUT2D eigenvalue weighted by Gasteiger charge is 2.43. The lowest BCUT2D eigenvalue weighted by Gasteiger charge is -2.39. The van der Waals surface area contributed by atoms with E-state index in [-0.39, 0.29) is 0 Å². The van der Waals surface area contributed by atoms with Crippen molar-refractivity contribution in [1.82, 2.24) is 20.6 Å². The van der Waals surface area contributed by atoms with Gasteiger partial charge < -0.3 is 5.73 Å². The molecular formula is C12H21N5. The predicted molar refractivity (Wildman–Crippen MR) is 66.1 cm³/mol. The topological polar surface area (TPSA) is 80.5 Å². The normalized spacial score (nSPS) is 29.8. The number of allylic oxidation sites excluding steroid dienone is 2. The molecule has 5 nitrogen and oxygen atoms in total. The van der Waals surface area contributed by atoms with Crippen LogP contribution in [0.25, 0.3) is 0 Å². The highest BCUT2D eigenvalue weighted by atomic mass is 15.5. The summed E-state index contributed by atoms with van der Waals surface area (Å²) in [6.07, 6.45) is 7.40. The van der Waals surface area contributed by atoms with E-state index in [2.05, 4.69) is 39.4 Å². The van der Waals surface area contributed by atoms with E-state index >= 15 is 0 Å². The fourth-order valence-corrected chi connectivity index (χ4v) is 3.05. The van der Waals surface area contributed by atoms with Crippen molar-refractivity contribution < 1.29 is 0 Å². The van der Waals surface area contributed by atoms with Crippen LogP contribution in [0, 0.1) is 17.8 Å². The molecule has 1 aromatic heterocycles. The number of aromatic nitrogens is 4. The van der Waals surface area contributed by atoms with Crippen LogP contribution in [0.3, 0.4) is 0 Å². The Labute approximate surface area is 102 Å².